The fraction of sp³-hybridized carbons (Fsp3) is 0.250. The molecule has 28 heavy (non-hydrogen) atoms. The topological polar surface area (TPSA) is 46.5 Å². The van der Waals surface area contributed by atoms with Crippen LogP contribution in [-0.2, 0) is 4.57 Å². The molecule has 1 atom stereocenters. The van der Waals surface area contributed by atoms with Crippen molar-refractivity contribution >= 4 is 8.25 Å². The lowest BCUT2D eigenvalue weighted by Gasteiger charge is -2.20. The van der Waals surface area contributed by atoms with Crippen molar-refractivity contribution in [3.63, 3.8) is 0 Å². The summed E-state index contributed by atoms with van der Waals surface area (Å²) < 4.78 is 16.9. The maximum atomic E-state index is 11.5. The maximum absolute atomic E-state index is 11.5. The average Bonchev–Trinajstić information content (AvgIpc) is 2.67. The molecule has 3 nitrogen and oxygen atoms in total. The predicted octanol–water partition coefficient (Wildman–Crippen LogP) is 7.30. The van der Waals surface area contributed by atoms with Crippen LogP contribution in [0.1, 0.15) is 50.7 Å². The monoisotopic (exact) mass is 393 g/mol. The predicted molar refractivity (Wildman–Crippen MR) is 116 cm³/mol. The van der Waals surface area contributed by atoms with Crippen molar-refractivity contribution in [1.82, 2.24) is 0 Å². The summed E-state index contributed by atoms with van der Waals surface area (Å²) in [6, 6.07) is 22.2. The molecule has 1 unspecified atom stereocenters. The summed E-state index contributed by atoms with van der Waals surface area (Å²) in [7, 11) is -2.76. The van der Waals surface area contributed by atoms with Gasteiger partial charge >= 0.3 is 8.25 Å². The van der Waals surface area contributed by atoms with E-state index in [1.54, 1.807) is 6.07 Å². The van der Waals surface area contributed by atoms with Gasteiger partial charge in [0.2, 0.25) is 0 Å². The highest BCUT2D eigenvalue weighted by Crippen LogP contribution is 2.45. The third-order valence-electron chi connectivity index (χ3n) is 4.93. The average molecular weight is 393 g/mol. The van der Waals surface area contributed by atoms with Crippen molar-refractivity contribution in [2.75, 3.05) is 0 Å². The Labute approximate surface area is 168 Å². The Morgan fingerprint density at radius 1 is 0.714 bits per heavy atom. The van der Waals surface area contributed by atoms with Gasteiger partial charge in [0.1, 0.15) is 0 Å². The van der Waals surface area contributed by atoms with Gasteiger partial charge in [0.15, 0.2) is 5.75 Å². The molecule has 1 N–H and O–H groups in total. The van der Waals surface area contributed by atoms with Crippen LogP contribution in [0.3, 0.4) is 0 Å². The highest BCUT2D eigenvalue weighted by atomic mass is 31.1. The van der Waals surface area contributed by atoms with Gasteiger partial charge < -0.3 is 0 Å². The summed E-state index contributed by atoms with van der Waals surface area (Å²) >= 11 is 0. The van der Waals surface area contributed by atoms with E-state index < -0.39 is 8.25 Å². The van der Waals surface area contributed by atoms with Gasteiger partial charge in [-0.15, -0.1) is 4.89 Å². The molecule has 0 bridgehead atoms. The third-order valence-corrected chi connectivity index (χ3v) is 5.28. The van der Waals surface area contributed by atoms with E-state index in [1.807, 2.05) is 30.3 Å². The van der Waals surface area contributed by atoms with E-state index in [0.717, 1.165) is 22.3 Å². The maximum Gasteiger partial charge on any atom is 0.747 e. The molecule has 4 heteroatoms. The zero-order chi connectivity index (χ0) is 20.3. The molecule has 0 saturated carbocycles. The molecular formula is C24H26O3P+. The van der Waals surface area contributed by atoms with E-state index in [-0.39, 0.29) is 0 Å². The Kier molecular flexibility index (Phi) is 6.28. The highest BCUT2D eigenvalue weighted by Gasteiger charge is 2.24. The number of rotatable bonds is 6. The lowest BCUT2D eigenvalue weighted by atomic mass is 9.85. The molecule has 3 rings (SSSR count). The summed E-state index contributed by atoms with van der Waals surface area (Å²) in [6.07, 6.45) is 0. The highest BCUT2D eigenvalue weighted by molar-refractivity contribution is 7.32. The molecule has 0 radical (unpaired) electrons. The molecule has 0 heterocycles. The second kappa shape index (κ2) is 8.68. The van der Waals surface area contributed by atoms with E-state index in [2.05, 4.69) is 58.0 Å². The molecule has 0 saturated heterocycles. The van der Waals surface area contributed by atoms with Crippen LogP contribution < -0.4 is 4.52 Å². The van der Waals surface area contributed by atoms with Gasteiger partial charge in [-0.3, -0.25) is 0 Å². The molecule has 0 aliphatic heterocycles. The smallest absolute Gasteiger partial charge is 0.229 e. The fourth-order valence-electron chi connectivity index (χ4n) is 3.67. The van der Waals surface area contributed by atoms with Crippen molar-refractivity contribution in [1.29, 1.82) is 0 Å². The van der Waals surface area contributed by atoms with Crippen LogP contribution in [0.15, 0.2) is 66.7 Å². The molecule has 3 aromatic carbocycles. The Morgan fingerprint density at radius 3 is 1.79 bits per heavy atom. The van der Waals surface area contributed by atoms with Gasteiger partial charge in [0, 0.05) is 10.1 Å². The summed E-state index contributed by atoms with van der Waals surface area (Å²) in [5.41, 5.74) is 6.42. The molecule has 0 aromatic heterocycles. The normalized spacial score (nSPS) is 11.8. The van der Waals surface area contributed by atoms with Crippen LogP contribution >= 0.6 is 8.25 Å². The van der Waals surface area contributed by atoms with Crippen molar-refractivity contribution < 1.29 is 14.0 Å². The molecule has 0 aliphatic rings. The minimum Gasteiger partial charge on any atom is -0.229 e. The van der Waals surface area contributed by atoms with Crippen molar-refractivity contribution in [3.8, 4) is 28.0 Å². The minimum atomic E-state index is -2.76. The zero-order valence-electron chi connectivity index (χ0n) is 16.7. The van der Waals surface area contributed by atoms with E-state index in [0.29, 0.717) is 17.6 Å². The van der Waals surface area contributed by atoms with Gasteiger partial charge in [-0.1, -0.05) is 88.4 Å². The number of hydrogen-bond acceptors (Lipinski definition) is 2. The quantitative estimate of drug-likeness (QED) is 0.447. The molecule has 0 aliphatic carbocycles. The summed E-state index contributed by atoms with van der Waals surface area (Å²) in [5, 5.41) is 0. The first-order chi connectivity index (χ1) is 13.4. The summed E-state index contributed by atoms with van der Waals surface area (Å²) in [5.74, 6) is 1.08. The van der Waals surface area contributed by atoms with Crippen molar-refractivity contribution in [2.45, 2.75) is 39.5 Å². The molecule has 0 fully saturated rings. The van der Waals surface area contributed by atoms with Gasteiger partial charge in [0.05, 0.1) is 0 Å². The van der Waals surface area contributed by atoms with Gasteiger partial charge in [-0.25, -0.2) is 4.52 Å². The minimum absolute atomic E-state index is 0.306. The largest absolute Gasteiger partial charge is 0.747 e. The number of hydrogen-bond donors (Lipinski definition) is 1. The standard InChI is InChI=1S/C24H25O3P/c1-16(2)18-10-5-7-12-20(18)22-14-9-15-23(27-28(25)26)24(22)21-13-8-6-11-19(21)17(3)4/h5-17H,1-4H3/p+1. The molecule has 0 spiro atoms. The van der Waals surface area contributed by atoms with Gasteiger partial charge in [-0.05, 0) is 45.7 Å². The lowest BCUT2D eigenvalue weighted by molar-refractivity contribution is 0.411. The first kappa shape index (κ1) is 20.3. The first-order valence-electron chi connectivity index (χ1n) is 9.55. The van der Waals surface area contributed by atoms with E-state index in [4.69, 9.17) is 4.52 Å². The van der Waals surface area contributed by atoms with Crippen LogP contribution in [-0.4, -0.2) is 4.89 Å². The molecule has 144 valence electrons. The summed E-state index contributed by atoms with van der Waals surface area (Å²) in [6.45, 7) is 8.64. The van der Waals surface area contributed by atoms with Crippen LogP contribution in [0.25, 0.3) is 22.3 Å². The van der Waals surface area contributed by atoms with Crippen molar-refractivity contribution in [2.24, 2.45) is 0 Å². The molecule has 3 aromatic rings. The third kappa shape index (κ3) is 4.16. The van der Waals surface area contributed by atoms with Crippen LogP contribution in [0.2, 0.25) is 0 Å². The van der Waals surface area contributed by atoms with Crippen LogP contribution in [0.5, 0.6) is 5.75 Å². The summed E-state index contributed by atoms with van der Waals surface area (Å²) in [4.78, 5) is 9.45. The lowest BCUT2D eigenvalue weighted by Crippen LogP contribution is -1.98. The van der Waals surface area contributed by atoms with Gasteiger partial charge in [0.25, 0.3) is 0 Å². The Bertz CT molecular complexity index is 993. The Hall–Kier alpha value is -2.48. The van der Waals surface area contributed by atoms with Crippen molar-refractivity contribution in [3.05, 3.63) is 77.9 Å². The number of benzene rings is 3. The SMILES string of the molecule is CC(C)c1ccccc1-c1cccc(O[P+](=O)O)c1-c1ccccc1C(C)C. The van der Waals surface area contributed by atoms with E-state index in [1.165, 1.54) is 11.1 Å². The van der Waals surface area contributed by atoms with E-state index in [9.17, 15) is 9.46 Å². The Morgan fingerprint density at radius 2 is 1.21 bits per heavy atom. The second-order valence-electron chi connectivity index (χ2n) is 7.49. The Balaban J connectivity index is 2.37. The van der Waals surface area contributed by atoms with E-state index >= 15 is 0 Å². The molecule has 0 amide bonds. The van der Waals surface area contributed by atoms with Gasteiger partial charge in [-0.2, -0.15) is 0 Å². The first-order valence-corrected chi connectivity index (χ1v) is 10.7. The zero-order valence-corrected chi connectivity index (χ0v) is 17.6. The molecular weight excluding hydrogens is 367 g/mol. The van der Waals surface area contributed by atoms with Crippen LogP contribution in [0, 0.1) is 0 Å². The fourth-order valence-corrected chi connectivity index (χ4v) is 3.99. The second-order valence-corrected chi connectivity index (χ2v) is 8.15. The van der Waals surface area contributed by atoms with Crippen LogP contribution in [0.4, 0.5) is 0 Å².